The van der Waals surface area contributed by atoms with Gasteiger partial charge in [0.25, 0.3) is 0 Å². The Morgan fingerprint density at radius 3 is 2.95 bits per heavy atom. The Morgan fingerprint density at radius 1 is 1.40 bits per heavy atom. The summed E-state index contributed by atoms with van der Waals surface area (Å²) in [7, 11) is 1.56. The first-order chi connectivity index (χ1) is 9.70. The average Bonchev–Trinajstić information content (AvgIpc) is 2.47. The van der Waals surface area contributed by atoms with Gasteiger partial charge in [0.2, 0.25) is 5.91 Å². The number of aryl methyl sites for hydroxylation is 1. The number of para-hydroxylation sites is 1. The van der Waals surface area contributed by atoms with Gasteiger partial charge in [0.05, 0.1) is 6.61 Å². The van der Waals surface area contributed by atoms with Crippen LogP contribution in [0.25, 0.3) is 0 Å². The number of piperidine rings is 1. The number of methoxy groups -OCH3 is 1. The number of carbonyl (C=O) groups excluding carboxylic acids is 1. The van der Waals surface area contributed by atoms with Gasteiger partial charge in [-0.25, -0.2) is 0 Å². The van der Waals surface area contributed by atoms with Gasteiger partial charge in [-0.1, -0.05) is 18.2 Å². The smallest absolute Gasteiger partial charge is 0.248 e. The highest BCUT2D eigenvalue weighted by molar-refractivity contribution is 5.77. The van der Waals surface area contributed by atoms with Gasteiger partial charge in [0.15, 0.2) is 0 Å². The Morgan fingerprint density at radius 2 is 2.20 bits per heavy atom. The van der Waals surface area contributed by atoms with E-state index in [1.807, 2.05) is 36.1 Å². The summed E-state index contributed by atoms with van der Waals surface area (Å²) in [4.78, 5) is 13.7. The fraction of sp³-hybridized carbons (Fsp3) is 0.562. The van der Waals surface area contributed by atoms with Crippen LogP contribution in [-0.2, 0) is 9.53 Å². The van der Waals surface area contributed by atoms with Gasteiger partial charge in [-0.2, -0.15) is 0 Å². The van der Waals surface area contributed by atoms with Crippen LogP contribution in [0.2, 0.25) is 0 Å². The summed E-state index contributed by atoms with van der Waals surface area (Å²) in [6, 6.07) is 8.03. The highest BCUT2D eigenvalue weighted by atomic mass is 16.5. The molecule has 0 aliphatic carbocycles. The van der Waals surface area contributed by atoms with Crippen LogP contribution in [0.3, 0.4) is 0 Å². The Bertz CT molecular complexity index is 447. The maximum absolute atomic E-state index is 11.8. The molecule has 4 nitrogen and oxygen atoms in total. The summed E-state index contributed by atoms with van der Waals surface area (Å²) in [6.07, 6.45) is 2.15. The summed E-state index contributed by atoms with van der Waals surface area (Å²) in [5.41, 5.74) is 1.15. The molecule has 2 rings (SSSR count). The van der Waals surface area contributed by atoms with Gasteiger partial charge in [-0.05, 0) is 31.4 Å². The zero-order chi connectivity index (χ0) is 14.4. The topological polar surface area (TPSA) is 38.8 Å². The summed E-state index contributed by atoms with van der Waals surface area (Å²) >= 11 is 0. The molecule has 0 bridgehead atoms. The van der Waals surface area contributed by atoms with Gasteiger partial charge < -0.3 is 14.4 Å². The first-order valence-electron chi connectivity index (χ1n) is 7.16. The maximum Gasteiger partial charge on any atom is 0.248 e. The number of rotatable bonds is 5. The molecule has 0 saturated carbocycles. The van der Waals surface area contributed by atoms with Crippen molar-refractivity contribution in [2.45, 2.75) is 19.8 Å². The standard InChI is InChI=1S/C16H23NO3/c1-13-6-3-4-8-15(13)20-11-14-7-5-9-17(10-14)16(18)12-19-2/h3-4,6,8,14H,5,7,9-12H2,1-2H3. The van der Waals surface area contributed by atoms with Gasteiger partial charge in [-0.15, -0.1) is 0 Å². The van der Waals surface area contributed by atoms with Crippen molar-refractivity contribution >= 4 is 5.91 Å². The highest BCUT2D eigenvalue weighted by Gasteiger charge is 2.23. The van der Waals surface area contributed by atoms with Crippen LogP contribution in [0.15, 0.2) is 24.3 Å². The highest BCUT2D eigenvalue weighted by Crippen LogP contribution is 2.21. The van der Waals surface area contributed by atoms with Crippen LogP contribution < -0.4 is 4.74 Å². The van der Waals surface area contributed by atoms with E-state index in [0.29, 0.717) is 12.5 Å². The van der Waals surface area contributed by atoms with Crippen molar-refractivity contribution in [3.05, 3.63) is 29.8 Å². The molecule has 0 spiro atoms. The summed E-state index contributed by atoms with van der Waals surface area (Å²) in [6.45, 7) is 4.49. The lowest BCUT2D eigenvalue weighted by atomic mass is 9.99. The zero-order valence-corrected chi connectivity index (χ0v) is 12.3. The summed E-state index contributed by atoms with van der Waals surface area (Å²) in [5, 5.41) is 0. The lowest BCUT2D eigenvalue weighted by Crippen LogP contribution is -2.43. The van der Waals surface area contributed by atoms with Crippen molar-refractivity contribution in [3.8, 4) is 5.75 Å². The van der Waals surface area contributed by atoms with Gasteiger partial charge in [0.1, 0.15) is 12.4 Å². The van der Waals surface area contributed by atoms with Crippen LogP contribution >= 0.6 is 0 Å². The van der Waals surface area contributed by atoms with E-state index in [1.165, 1.54) is 0 Å². The molecule has 1 aliphatic rings. The largest absolute Gasteiger partial charge is 0.493 e. The number of likely N-dealkylation sites (tertiary alicyclic amines) is 1. The molecule has 1 unspecified atom stereocenters. The number of hydrogen-bond acceptors (Lipinski definition) is 3. The molecule has 1 saturated heterocycles. The van der Waals surface area contributed by atoms with E-state index < -0.39 is 0 Å². The lowest BCUT2D eigenvalue weighted by Gasteiger charge is -2.32. The van der Waals surface area contributed by atoms with E-state index in [4.69, 9.17) is 9.47 Å². The number of carbonyl (C=O) groups is 1. The van der Waals surface area contributed by atoms with Crippen molar-refractivity contribution in [1.82, 2.24) is 4.90 Å². The molecule has 0 radical (unpaired) electrons. The Kier molecular flexibility index (Phi) is 5.41. The van der Waals surface area contributed by atoms with E-state index in [0.717, 1.165) is 37.2 Å². The van der Waals surface area contributed by atoms with Gasteiger partial charge >= 0.3 is 0 Å². The van der Waals surface area contributed by atoms with Crippen molar-refractivity contribution < 1.29 is 14.3 Å². The second-order valence-corrected chi connectivity index (χ2v) is 5.36. The molecule has 1 aromatic rings. The quantitative estimate of drug-likeness (QED) is 0.828. The summed E-state index contributed by atoms with van der Waals surface area (Å²) in [5.74, 6) is 1.42. The third-order valence-electron chi connectivity index (χ3n) is 3.71. The third-order valence-corrected chi connectivity index (χ3v) is 3.71. The van der Waals surface area contributed by atoms with E-state index in [2.05, 4.69) is 0 Å². The predicted molar refractivity (Wildman–Crippen MR) is 77.9 cm³/mol. The average molecular weight is 277 g/mol. The van der Waals surface area contributed by atoms with Gasteiger partial charge in [-0.3, -0.25) is 4.79 Å². The number of ether oxygens (including phenoxy) is 2. The minimum atomic E-state index is 0.0769. The number of nitrogens with zero attached hydrogens (tertiary/aromatic N) is 1. The van der Waals surface area contributed by atoms with Crippen molar-refractivity contribution in [3.63, 3.8) is 0 Å². The first kappa shape index (κ1) is 14.9. The molecule has 1 aromatic carbocycles. The van der Waals surface area contributed by atoms with Crippen molar-refractivity contribution in [2.24, 2.45) is 5.92 Å². The molecule has 0 N–H and O–H groups in total. The molecule has 0 aromatic heterocycles. The van der Waals surface area contributed by atoms with Crippen LogP contribution in [0.4, 0.5) is 0 Å². The van der Waals surface area contributed by atoms with Gasteiger partial charge in [0, 0.05) is 26.1 Å². The minimum Gasteiger partial charge on any atom is -0.493 e. The van der Waals surface area contributed by atoms with Crippen LogP contribution in [-0.4, -0.2) is 44.2 Å². The fourth-order valence-electron chi connectivity index (χ4n) is 2.57. The SMILES string of the molecule is COCC(=O)N1CCCC(COc2ccccc2C)C1. The first-order valence-corrected chi connectivity index (χ1v) is 7.16. The third kappa shape index (κ3) is 3.97. The van der Waals surface area contributed by atoms with Crippen LogP contribution in [0.1, 0.15) is 18.4 Å². The molecule has 4 heteroatoms. The molecular formula is C16H23NO3. The van der Waals surface area contributed by atoms with Crippen LogP contribution in [0, 0.1) is 12.8 Å². The molecule has 20 heavy (non-hydrogen) atoms. The minimum absolute atomic E-state index is 0.0769. The van der Waals surface area contributed by atoms with E-state index >= 15 is 0 Å². The van der Waals surface area contributed by atoms with E-state index in [1.54, 1.807) is 7.11 Å². The van der Waals surface area contributed by atoms with Crippen LogP contribution in [0.5, 0.6) is 5.75 Å². The summed E-state index contributed by atoms with van der Waals surface area (Å²) < 4.78 is 10.8. The second kappa shape index (κ2) is 7.29. The Hall–Kier alpha value is -1.55. The van der Waals surface area contributed by atoms with Crippen molar-refractivity contribution in [2.75, 3.05) is 33.4 Å². The molecule has 1 atom stereocenters. The molecule has 110 valence electrons. The Balaban J connectivity index is 1.84. The number of amides is 1. The van der Waals surface area contributed by atoms with E-state index in [9.17, 15) is 4.79 Å². The molecule has 1 fully saturated rings. The number of hydrogen-bond donors (Lipinski definition) is 0. The fourth-order valence-corrected chi connectivity index (χ4v) is 2.57. The predicted octanol–water partition coefficient (Wildman–Crippen LogP) is 2.26. The normalized spacial score (nSPS) is 18.9. The maximum atomic E-state index is 11.8. The molecule has 1 amide bonds. The zero-order valence-electron chi connectivity index (χ0n) is 12.3. The van der Waals surface area contributed by atoms with Crippen molar-refractivity contribution in [1.29, 1.82) is 0 Å². The second-order valence-electron chi connectivity index (χ2n) is 5.36. The molecular weight excluding hydrogens is 254 g/mol. The number of benzene rings is 1. The molecule has 1 heterocycles. The Labute approximate surface area is 120 Å². The molecule has 1 aliphatic heterocycles. The van der Waals surface area contributed by atoms with E-state index in [-0.39, 0.29) is 12.5 Å². The lowest BCUT2D eigenvalue weighted by molar-refractivity contribution is -0.137. The monoisotopic (exact) mass is 277 g/mol.